The molecule has 0 radical (unpaired) electrons. The van der Waals surface area contributed by atoms with Gasteiger partial charge in [-0.3, -0.25) is 14.4 Å². The van der Waals surface area contributed by atoms with Crippen LogP contribution in [0.2, 0.25) is 0 Å². The second-order valence-corrected chi connectivity index (χ2v) is 6.84. The zero-order valence-corrected chi connectivity index (χ0v) is 17.1. The van der Waals surface area contributed by atoms with Crippen LogP contribution in [0.5, 0.6) is 11.5 Å². The molecule has 3 rings (SSSR count). The first kappa shape index (κ1) is 21.2. The van der Waals surface area contributed by atoms with Gasteiger partial charge in [-0.1, -0.05) is 6.07 Å². The molecule has 1 aliphatic rings. The zero-order valence-electron chi connectivity index (χ0n) is 17.1. The van der Waals surface area contributed by atoms with Crippen LogP contribution < -0.4 is 25.0 Å². The van der Waals surface area contributed by atoms with Crippen molar-refractivity contribution in [3.63, 3.8) is 0 Å². The highest BCUT2D eigenvalue weighted by Crippen LogP contribution is 2.27. The summed E-state index contributed by atoms with van der Waals surface area (Å²) in [5.74, 6) is 0.628. The Bertz CT molecular complexity index is 927. The summed E-state index contributed by atoms with van der Waals surface area (Å²) in [6.07, 6.45) is 1.40. The van der Waals surface area contributed by atoms with E-state index in [0.717, 1.165) is 17.7 Å². The van der Waals surface area contributed by atoms with Crippen LogP contribution >= 0.6 is 0 Å². The number of nitrogens with zero attached hydrogens (tertiary/aromatic N) is 1. The van der Waals surface area contributed by atoms with E-state index in [2.05, 4.69) is 10.6 Å². The number of carbonyl (C=O) groups excluding carboxylic acids is 3. The molecule has 2 aromatic rings. The molecular formula is C22H25N3O5. The largest absolute Gasteiger partial charge is 0.493 e. The Morgan fingerprint density at radius 3 is 2.37 bits per heavy atom. The van der Waals surface area contributed by atoms with Gasteiger partial charge in [0, 0.05) is 30.8 Å². The van der Waals surface area contributed by atoms with Crippen molar-refractivity contribution in [2.24, 2.45) is 0 Å². The highest BCUT2D eigenvalue weighted by molar-refractivity contribution is 5.98. The van der Waals surface area contributed by atoms with Crippen molar-refractivity contribution in [2.75, 3.05) is 32.2 Å². The molecule has 0 aliphatic carbocycles. The fraction of sp³-hybridized carbons (Fsp3) is 0.318. The molecule has 3 amide bonds. The minimum atomic E-state index is -0.351. The van der Waals surface area contributed by atoms with E-state index in [0.29, 0.717) is 36.6 Å². The first-order valence-corrected chi connectivity index (χ1v) is 9.68. The molecule has 1 fully saturated rings. The number of rotatable bonds is 8. The predicted octanol–water partition coefficient (Wildman–Crippen LogP) is 1.88. The number of hydrogen-bond acceptors (Lipinski definition) is 5. The molecule has 8 nitrogen and oxygen atoms in total. The number of methoxy groups -OCH3 is 2. The van der Waals surface area contributed by atoms with Crippen molar-refractivity contribution in [2.45, 2.75) is 19.4 Å². The molecule has 1 aliphatic heterocycles. The Hall–Kier alpha value is -3.55. The van der Waals surface area contributed by atoms with Gasteiger partial charge in [0.25, 0.3) is 5.91 Å². The summed E-state index contributed by atoms with van der Waals surface area (Å²) in [5.41, 5.74) is 2.05. The third-order valence-electron chi connectivity index (χ3n) is 4.86. The van der Waals surface area contributed by atoms with Gasteiger partial charge in [0.05, 0.1) is 20.8 Å². The van der Waals surface area contributed by atoms with Gasteiger partial charge in [0.2, 0.25) is 11.8 Å². The van der Waals surface area contributed by atoms with E-state index in [1.54, 1.807) is 55.5 Å². The molecule has 1 heterocycles. The number of hydrogen-bond donors (Lipinski definition) is 2. The van der Waals surface area contributed by atoms with E-state index in [1.165, 1.54) is 0 Å². The van der Waals surface area contributed by atoms with E-state index in [1.807, 2.05) is 6.07 Å². The van der Waals surface area contributed by atoms with Crippen LogP contribution in [0.4, 0.5) is 5.69 Å². The molecule has 2 N–H and O–H groups in total. The highest BCUT2D eigenvalue weighted by Gasteiger charge is 2.21. The lowest BCUT2D eigenvalue weighted by Gasteiger charge is -2.15. The summed E-state index contributed by atoms with van der Waals surface area (Å²) in [7, 11) is 3.10. The minimum Gasteiger partial charge on any atom is -0.493 e. The van der Waals surface area contributed by atoms with Gasteiger partial charge in [-0.05, 0) is 48.4 Å². The smallest absolute Gasteiger partial charge is 0.251 e. The molecular weight excluding hydrogens is 386 g/mol. The fourth-order valence-corrected chi connectivity index (χ4v) is 3.23. The number of anilines is 1. The Balaban J connectivity index is 1.47. The normalized spacial score (nSPS) is 13.1. The Morgan fingerprint density at radius 2 is 1.73 bits per heavy atom. The van der Waals surface area contributed by atoms with E-state index in [9.17, 15) is 14.4 Å². The maximum atomic E-state index is 12.3. The van der Waals surface area contributed by atoms with Crippen molar-refractivity contribution >= 4 is 23.4 Å². The van der Waals surface area contributed by atoms with Crippen LogP contribution in [0.25, 0.3) is 0 Å². The zero-order chi connectivity index (χ0) is 21.5. The number of ether oxygens (including phenoxy) is 2. The van der Waals surface area contributed by atoms with E-state index in [4.69, 9.17) is 9.47 Å². The van der Waals surface area contributed by atoms with Gasteiger partial charge in [-0.15, -0.1) is 0 Å². The molecule has 0 atom stereocenters. The topological polar surface area (TPSA) is 97.0 Å². The van der Waals surface area contributed by atoms with Crippen molar-refractivity contribution in [3.05, 3.63) is 53.6 Å². The molecule has 0 saturated carbocycles. The Labute approximate surface area is 175 Å². The lowest BCUT2D eigenvalue weighted by atomic mass is 10.2. The Morgan fingerprint density at radius 1 is 1.00 bits per heavy atom. The first-order chi connectivity index (χ1) is 14.5. The molecule has 0 spiro atoms. The standard InChI is InChI=1S/C22H25N3O5/c1-29-18-10-5-15(12-19(18)30-2)13-23-20(26)14-24-22(28)16-6-8-17(9-7-16)25-11-3-4-21(25)27/h5-10,12H,3-4,11,13-14H2,1-2H3,(H,23,26)(H,24,28). The monoisotopic (exact) mass is 411 g/mol. The van der Waals surface area contributed by atoms with Crippen LogP contribution in [0.1, 0.15) is 28.8 Å². The fourth-order valence-electron chi connectivity index (χ4n) is 3.23. The number of benzene rings is 2. The van der Waals surface area contributed by atoms with E-state index < -0.39 is 0 Å². The summed E-state index contributed by atoms with van der Waals surface area (Å²) >= 11 is 0. The third kappa shape index (κ3) is 5.08. The second-order valence-electron chi connectivity index (χ2n) is 6.84. The van der Waals surface area contributed by atoms with Crippen molar-refractivity contribution in [3.8, 4) is 11.5 Å². The molecule has 0 aromatic heterocycles. The van der Waals surface area contributed by atoms with Gasteiger partial charge in [-0.25, -0.2) is 0 Å². The summed E-state index contributed by atoms with van der Waals surface area (Å²) in [5, 5.41) is 5.35. The number of amides is 3. The van der Waals surface area contributed by atoms with Gasteiger partial charge in [-0.2, -0.15) is 0 Å². The van der Waals surface area contributed by atoms with Gasteiger partial charge < -0.3 is 25.0 Å². The lowest BCUT2D eigenvalue weighted by molar-refractivity contribution is -0.120. The SMILES string of the molecule is COc1ccc(CNC(=O)CNC(=O)c2ccc(N3CCCC3=O)cc2)cc1OC. The van der Waals surface area contributed by atoms with Crippen molar-refractivity contribution in [1.82, 2.24) is 10.6 Å². The average Bonchev–Trinajstić information content (AvgIpc) is 3.21. The molecule has 30 heavy (non-hydrogen) atoms. The van der Waals surface area contributed by atoms with Gasteiger partial charge in [0.1, 0.15) is 0 Å². The number of nitrogens with one attached hydrogen (secondary N) is 2. The molecule has 2 aromatic carbocycles. The minimum absolute atomic E-state index is 0.0957. The summed E-state index contributed by atoms with van der Waals surface area (Å²) < 4.78 is 10.4. The quantitative estimate of drug-likeness (QED) is 0.691. The summed E-state index contributed by atoms with van der Waals surface area (Å²) in [6.45, 7) is 0.858. The number of carbonyl (C=O) groups is 3. The third-order valence-corrected chi connectivity index (χ3v) is 4.86. The van der Waals surface area contributed by atoms with Gasteiger partial charge >= 0.3 is 0 Å². The molecule has 1 saturated heterocycles. The maximum absolute atomic E-state index is 12.3. The molecule has 158 valence electrons. The van der Waals surface area contributed by atoms with Crippen molar-refractivity contribution < 1.29 is 23.9 Å². The van der Waals surface area contributed by atoms with Crippen molar-refractivity contribution in [1.29, 1.82) is 0 Å². The first-order valence-electron chi connectivity index (χ1n) is 9.68. The Kier molecular flexibility index (Phi) is 6.90. The summed E-state index contributed by atoms with van der Waals surface area (Å²) in [6, 6.07) is 12.2. The van der Waals surface area contributed by atoms with Gasteiger partial charge in [0.15, 0.2) is 11.5 Å². The second kappa shape index (κ2) is 9.78. The molecule has 0 unspecified atom stereocenters. The van der Waals surface area contributed by atoms with Crippen LogP contribution in [-0.4, -0.2) is 45.0 Å². The predicted molar refractivity (Wildman–Crippen MR) is 112 cm³/mol. The summed E-state index contributed by atoms with van der Waals surface area (Å²) in [4.78, 5) is 37.8. The van der Waals surface area contributed by atoms with E-state index in [-0.39, 0.29) is 24.3 Å². The van der Waals surface area contributed by atoms with Crippen LogP contribution in [0.15, 0.2) is 42.5 Å². The van der Waals surface area contributed by atoms with Crippen LogP contribution in [0, 0.1) is 0 Å². The average molecular weight is 411 g/mol. The van der Waals surface area contributed by atoms with Crippen LogP contribution in [-0.2, 0) is 16.1 Å². The van der Waals surface area contributed by atoms with E-state index >= 15 is 0 Å². The molecule has 8 heteroatoms. The lowest BCUT2D eigenvalue weighted by Crippen LogP contribution is -2.36. The maximum Gasteiger partial charge on any atom is 0.251 e. The highest BCUT2D eigenvalue weighted by atomic mass is 16.5. The molecule has 0 bridgehead atoms. The van der Waals surface area contributed by atoms with Crippen LogP contribution in [0.3, 0.4) is 0 Å².